The lowest BCUT2D eigenvalue weighted by Gasteiger charge is -2.02. The molecule has 20 heavy (non-hydrogen) atoms. The highest BCUT2D eigenvalue weighted by atomic mass is 79.9. The summed E-state index contributed by atoms with van der Waals surface area (Å²) in [5, 5.41) is 14.4. The minimum absolute atomic E-state index is 0.0677. The zero-order valence-electron chi connectivity index (χ0n) is 9.80. The molecule has 0 fully saturated rings. The summed E-state index contributed by atoms with van der Waals surface area (Å²) in [6, 6.07) is 8.15. The third-order valence-electron chi connectivity index (χ3n) is 2.59. The normalized spacial score (nSPS) is 10.9. The number of benzene rings is 1. The van der Waals surface area contributed by atoms with Crippen molar-refractivity contribution in [1.82, 2.24) is 14.8 Å². The highest BCUT2D eigenvalue weighted by Crippen LogP contribution is 2.29. The van der Waals surface area contributed by atoms with Crippen molar-refractivity contribution in [1.29, 1.82) is 0 Å². The number of aromatic amines is 1. The van der Waals surface area contributed by atoms with E-state index in [0.29, 0.717) is 10.8 Å². The van der Waals surface area contributed by atoms with E-state index in [2.05, 4.69) is 26.0 Å². The van der Waals surface area contributed by atoms with Crippen molar-refractivity contribution in [3.05, 3.63) is 49.6 Å². The Kier molecular flexibility index (Phi) is 3.41. The maximum atomic E-state index is 12.0. The number of rotatable bonds is 2. The number of H-pyrrole nitrogens is 1. The molecule has 0 bridgehead atoms. The van der Waals surface area contributed by atoms with Crippen LogP contribution in [0.25, 0.3) is 16.4 Å². The molecule has 2 heterocycles. The van der Waals surface area contributed by atoms with E-state index in [1.54, 1.807) is 0 Å². The van der Waals surface area contributed by atoms with Gasteiger partial charge in [-0.3, -0.25) is 4.98 Å². The van der Waals surface area contributed by atoms with E-state index in [-0.39, 0.29) is 11.4 Å². The van der Waals surface area contributed by atoms with E-state index in [9.17, 15) is 9.90 Å². The third kappa shape index (κ3) is 2.39. The summed E-state index contributed by atoms with van der Waals surface area (Å²) in [5.41, 5.74) is -0.206. The maximum absolute atomic E-state index is 12.0. The number of nitrogens with zero attached hydrogens (tertiary/aromatic N) is 2. The second kappa shape index (κ2) is 5.08. The molecule has 8 heteroatoms. The second-order valence-corrected chi connectivity index (χ2v) is 6.83. The van der Waals surface area contributed by atoms with Gasteiger partial charge in [0.25, 0.3) is 0 Å². The molecule has 0 saturated heterocycles. The smallest absolute Gasteiger partial charge is 0.348 e. The number of phenolic OH excluding ortho intramolecular Hbond substituents is 1. The van der Waals surface area contributed by atoms with Gasteiger partial charge in [-0.25, -0.2) is 4.79 Å². The molecule has 0 aliphatic heterocycles. The van der Waals surface area contributed by atoms with Gasteiger partial charge >= 0.3 is 5.69 Å². The quantitative estimate of drug-likeness (QED) is 0.724. The lowest BCUT2D eigenvalue weighted by molar-refractivity contribution is 0.470. The Hall–Kier alpha value is -1.57. The van der Waals surface area contributed by atoms with Gasteiger partial charge < -0.3 is 5.11 Å². The van der Waals surface area contributed by atoms with E-state index < -0.39 is 5.69 Å². The summed E-state index contributed by atoms with van der Waals surface area (Å²) >= 11 is 10.7. The summed E-state index contributed by atoms with van der Waals surface area (Å²) in [7, 11) is 0. The molecular weight excluding hydrogens is 366 g/mol. The predicted octanol–water partition coefficient (Wildman–Crippen LogP) is 3.41. The van der Waals surface area contributed by atoms with Crippen molar-refractivity contribution in [3.63, 3.8) is 0 Å². The van der Waals surface area contributed by atoms with Gasteiger partial charge in [0.05, 0.1) is 8.66 Å². The summed E-state index contributed by atoms with van der Waals surface area (Å²) in [6.45, 7) is 0. The molecule has 0 unspecified atom stereocenters. The van der Waals surface area contributed by atoms with Crippen molar-refractivity contribution in [3.8, 4) is 22.1 Å². The first kappa shape index (κ1) is 13.4. The van der Waals surface area contributed by atoms with Gasteiger partial charge in [-0.05, 0) is 46.3 Å². The predicted molar refractivity (Wildman–Crippen MR) is 81.9 cm³/mol. The molecule has 0 amide bonds. The van der Waals surface area contributed by atoms with E-state index in [4.69, 9.17) is 11.6 Å². The summed E-state index contributed by atoms with van der Waals surface area (Å²) in [6.07, 6.45) is 0. The first-order valence-corrected chi connectivity index (χ1v) is 7.47. The van der Waals surface area contributed by atoms with Crippen LogP contribution in [-0.2, 0) is 0 Å². The van der Waals surface area contributed by atoms with Gasteiger partial charge in [-0.1, -0.05) is 11.6 Å². The Balaban J connectivity index is 2.14. The van der Waals surface area contributed by atoms with Crippen molar-refractivity contribution in [2.45, 2.75) is 0 Å². The number of aromatic hydroxyl groups is 1. The molecule has 0 aliphatic carbocycles. The van der Waals surface area contributed by atoms with Crippen LogP contribution in [0, 0.1) is 0 Å². The van der Waals surface area contributed by atoms with Crippen LogP contribution < -0.4 is 5.69 Å². The van der Waals surface area contributed by atoms with Crippen LogP contribution in [0.15, 0.2) is 38.9 Å². The molecule has 1 aromatic carbocycles. The molecule has 5 nitrogen and oxygen atoms in total. The number of hydrogen-bond acceptors (Lipinski definition) is 4. The molecule has 0 atom stereocenters. The van der Waals surface area contributed by atoms with Crippen LogP contribution in [0.3, 0.4) is 0 Å². The lowest BCUT2D eigenvalue weighted by atomic mass is 10.3. The molecule has 2 N–H and O–H groups in total. The maximum Gasteiger partial charge on any atom is 0.348 e. The number of aromatic nitrogens is 3. The number of phenols is 1. The third-order valence-corrected chi connectivity index (χ3v) is 4.46. The average molecular weight is 373 g/mol. The highest BCUT2D eigenvalue weighted by Gasteiger charge is 2.13. The Bertz CT molecular complexity index is 839. The van der Waals surface area contributed by atoms with Crippen molar-refractivity contribution in [2.75, 3.05) is 0 Å². The highest BCUT2D eigenvalue weighted by molar-refractivity contribution is 9.11. The summed E-state index contributed by atoms with van der Waals surface area (Å²) < 4.78 is 2.03. The van der Waals surface area contributed by atoms with Crippen molar-refractivity contribution < 1.29 is 5.11 Å². The Labute approximate surface area is 130 Å². The molecule has 0 aliphatic rings. The average Bonchev–Trinajstić information content (AvgIpc) is 2.99. The fourth-order valence-corrected chi connectivity index (χ4v) is 3.20. The van der Waals surface area contributed by atoms with Crippen molar-refractivity contribution >= 4 is 38.9 Å². The number of thiophene rings is 1. The van der Waals surface area contributed by atoms with Gasteiger partial charge in [0.2, 0.25) is 0 Å². The van der Waals surface area contributed by atoms with Crippen LogP contribution in [0.2, 0.25) is 5.02 Å². The largest absolute Gasteiger partial charge is 0.506 e. The molecular formula is C12H7BrClN3O2S. The molecule has 102 valence electrons. The van der Waals surface area contributed by atoms with Crippen LogP contribution in [0.4, 0.5) is 0 Å². The Morgan fingerprint density at radius 2 is 2.15 bits per heavy atom. The Morgan fingerprint density at radius 3 is 2.85 bits per heavy atom. The Morgan fingerprint density at radius 1 is 1.35 bits per heavy atom. The fourth-order valence-electron chi connectivity index (χ4n) is 1.71. The summed E-state index contributed by atoms with van der Waals surface area (Å²) in [4.78, 5) is 15.4. The van der Waals surface area contributed by atoms with Crippen LogP contribution in [0.5, 0.6) is 5.75 Å². The molecule has 2 aromatic heterocycles. The van der Waals surface area contributed by atoms with E-state index in [1.165, 1.54) is 29.5 Å². The zero-order valence-corrected chi connectivity index (χ0v) is 13.0. The first-order chi connectivity index (χ1) is 9.54. The monoisotopic (exact) mass is 371 g/mol. The molecule has 0 spiro atoms. The minimum Gasteiger partial charge on any atom is -0.506 e. The molecule has 0 radical (unpaired) electrons. The van der Waals surface area contributed by atoms with Crippen molar-refractivity contribution in [2.24, 2.45) is 0 Å². The fraction of sp³-hybridized carbons (Fsp3) is 0. The topological polar surface area (TPSA) is 70.9 Å². The van der Waals surface area contributed by atoms with Crippen LogP contribution in [-0.4, -0.2) is 19.9 Å². The number of hydrogen-bond donors (Lipinski definition) is 2. The van der Waals surface area contributed by atoms with Gasteiger partial charge in [-0.2, -0.15) is 4.68 Å². The van der Waals surface area contributed by atoms with E-state index in [1.807, 2.05) is 12.1 Å². The minimum atomic E-state index is -0.443. The standard InChI is InChI=1S/C12H7BrClN3O2S/c13-10-4-3-9(20-10)11-15-12(19)17(16-11)7-5-6(14)1-2-8(7)18/h1-5,18H,(H,15,16,19). The van der Waals surface area contributed by atoms with Gasteiger partial charge in [-0.15, -0.1) is 16.4 Å². The van der Waals surface area contributed by atoms with Gasteiger partial charge in [0, 0.05) is 5.02 Å². The molecule has 3 aromatic rings. The van der Waals surface area contributed by atoms with Crippen LogP contribution in [0.1, 0.15) is 0 Å². The van der Waals surface area contributed by atoms with E-state index >= 15 is 0 Å². The SMILES string of the molecule is O=c1[nH]c(-c2ccc(Br)s2)nn1-c1cc(Cl)ccc1O. The first-order valence-electron chi connectivity index (χ1n) is 5.48. The zero-order chi connectivity index (χ0) is 14.3. The lowest BCUT2D eigenvalue weighted by Crippen LogP contribution is -2.16. The molecule has 0 saturated carbocycles. The van der Waals surface area contributed by atoms with Gasteiger partial charge in [0.15, 0.2) is 5.82 Å². The number of nitrogens with one attached hydrogen (secondary N) is 1. The number of halogens is 2. The van der Waals surface area contributed by atoms with Gasteiger partial charge in [0.1, 0.15) is 11.4 Å². The van der Waals surface area contributed by atoms with E-state index in [0.717, 1.165) is 13.3 Å². The van der Waals surface area contributed by atoms with Crippen LogP contribution >= 0.6 is 38.9 Å². The molecule has 3 rings (SSSR count). The second-order valence-electron chi connectivity index (χ2n) is 3.93. The summed E-state index contributed by atoms with van der Waals surface area (Å²) in [5.74, 6) is 0.368.